The van der Waals surface area contributed by atoms with Crippen LogP contribution in [0.1, 0.15) is 27.6 Å². The van der Waals surface area contributed by atoms with Crippen LogP contribution >= 0.6 is 11.3 Å². The van der Waals surface area contributed by atoms with Crippen molar-refractivity contribution < 1.29 is 9.52 Å². The number of thiazole rings is 1. The van der Waals surface area contributed by atoms with Gasteiger partial charge >= 0.3 is 0 Å². The maximum absolute atomic E-state index is 11.2. The van der Waals surface area contributed by atoms with Crippen molar-refractivity contribution in [3.63, 3.8) is 0 Å². The molecule has 0 saturated carbocycles. The molecule has 0 radical (unpaired) electrons. The lowest BCUT2D eigenvalue weighted by atomic mass is 9.96. The lowest BCUT2D eigenvalue weighted by molar-refractivity contribution is 0.205. The first-order valence-electron chi connectivity index (χ1n) is 10.3. The zero-order valence-corrected chi connectivity index (χ0v) is 17.5. The average molecular weight is 429 g/mol. The van der Waals surface area contributed by atoms with Gasteiger partial charge in [-0.25, -0.2) is 0 Å². The van der Waals surface area contributed by atoms with Crippen LogP contribution in [0.25, 0.3) is 16.5 Å². The highest BCUT2D eigenvalue weighted by Crippen LogP contribution is 2.42. The molecule has 1 N–H and O–H groups in total. The summed E-state index contributed by atoms with van der Waals surface area (Å²) in [6.45, 7) is 1.75. The van der Waals surface area contributed by atoms with E-state index in [0.29, 0.717) is 16.5 Å². The summed E-state index contributed by atoms with van der Waals surface area (Å²) in [6, 6.07) is 22.5. The summed E-state index contributed by atoms with van der Waals surface area (Å²) in [6.07, 6.45) is 2.58. The van der Waals surface area contributed by atoms with Crippen molar-refractivity contribution in [2.45, 2.75) is 19.0 Å². The van der Waals surface area contributed by atoms with Crippen molar-refractivity contribution in [1.29, 1.82) is 0 Å². The first kappa shape index (κ1) is 18.4. The summed E-state index contributed by atoms with van der Waals surface area (Å²) < 4.78 is 6.93. The van der Waals surface area contributed by atoms with Gasteiger partial charge in [-0.3, -0.25) is 4.90 Å². The molecule has 154 valence electrons. The van der Waals surface area contributed by atoms with Gasteiger partial charge in [-0.2, -0.15) is 9.50 Å². The highest BCUT2D eigenvalue weighted by Gasteiger charge is 2.31. The summed E-state index contributed by atoms with van der Waals surface area (Å²) in [7, 11) is 0. The molecule has 6 rings (SSSR count). The molecule has 0 amide bonds. The van der Waals surface area contributed by atoms with Gasteiger partial charge in [0.15, 0.2) is 5.76 Å². The van der Waals surface area contributed by atoms with Crippen LogP contribution in [-0.4, -0.2) is 31.1 Å². The lowest BCUT2D eigenvalue weighted by Crippen LogP contribution is -2.34. The van der Waals surface area contributed by atoms with Crippen LogP contribution < -0.4 is 0 Å². The number of aromatic hydroxyl groups is 1. The SMILES string of the molecule is Oc1c(C(c2ccccc2)N2CCc3ccccc3C2)sc2nc(-c3ccco3)nn12. The van der Waals surface area contributed by atoms with Crippen LogP contribution in [0.15, 0.2) is 77.4 Å². The topological polar surface area (TPSA) is 66.8 Å². The molecule has 31 heavy (non-hydrogen) atoms. The zero-order chi connectivity index (χ0) is 20.8. The predicted molar refractivity (Wildman–Crippen MR) is 119 cm³/mol. The second-order valence-corrected chi connectivity index (χ2v) is 8.71. The fourth-order valence-electron chi connectivity index (χ4n) is 4.34. The molecule has 5 aromatic rings. The average Bonchev–Trinajstić information content (AvgIpc) is 3.54. The van der Waals surface area contributed by atoms with E-state index in [4.69, 9.17) is 4.42 Å². The van der Waals surface area contributed by atoms with Gasteiger partial charge in [0.1, 0.15) is 0 Å². The van der Waals surface area contributed by atoms with Crippen molar-refractivity contribution in [3.8, 4) is 17.5 Å². The van der Waals surface area contributed by atoms with E-state index in [1.165, 1.54) is 27.0 Å². The Bertz CT molecular complexity index is 1340. The third kappa shape index (κ3) is 3.13. The molecule has 1 unspecified atom stereocenters. The van der Waals surface area contributed by atoms with E-state index in [9.17, 15) is 5.11 Å². The van der Waals surface area contributed by atoms with Crippen molar-refractivity contribution in [2.24, 2.45) is 0 Å². The Morgan fingerprint density at radius 1 is 0.968 bits per heavy atom. The number of aromatic nitrogens is 3. The van der Waals surface area contributed by atoms with Crippen LogP contribution in [0, 0.1) is 0 Å². The fraction of sp³-hybridized carbons (Fsp3) is 0.167. The quantitative estimate of drug-likeness (QED) is 0.441. The van der Waals surface area contributed by atoms with E-state index in [1.807, 2.05) is 24.3 Å². The molecule has 0 spiro atoms. The standard InChI is InChI=1S/C24H20N4O2S/c29-23-21(31-24-25-22(26-28(23)24)19-11-6-14-30-19)20(17-8-2-1-3-9-17)27-13-12-16-7-4-5-10-18(16)15-27/h1-11,14,20,29H,12-13,15H2. The van der Waals surface area contributed by atoms with Crippen molar-refractivity contribution in [3.05, 3.63) is 94.6 Å². The smallest absolute Gasteiger partial charge is 0.230 e. The maximum Gasteiger partial charge on any atom is 0.230 e. The largest absolute Gasteiger partial charge is 0.492 e. The summed E-state index contributed by atoms with van der Waals surface area (Å²) in [5.41, 5.74) is 3.89. The summed E-state index contributed by atoms with van der Waals surface area (Å²) >= 11 is 1.48. The van der Waals surface area contributed by atoms with Gasteiger partial charge in [-0.1, -0.05) is 65.9 Å². The molecule has 6 nitrogen and oxygen atoms in total. The van der Waals surface area contributed by atoms with Crippen molar-refractivity contribution in [1.82, 2.24) is 19.5 Å². The molecular formula is C24H20N4O2S. The van der Waals surface area contributed by atoms with Gasteiger partial charge in [0.25, 0.3) is 0 Å². The van der Waals surface area contributed by atoms with Crippen LogP contribution in [0.5, 0.6) is 5.88 Å². The van der Waals surface area contributed by atoms with E-state index in [1.54, 1.807) is 12.3 Å². The van der Waals surface area contributed by atoms with Crippen LogP contribution in [0.4, 0.5) is 0 Å². The first-order valence-corrected chi connectivity index (χ1v) is 11.1. The Hall–Kier alpha value is -3.42. The molecule has 1 aliphatic rings. The van der Waals surface area contributed by atoms with Gasteiger partial charge < -0.3 is 9.52 Å². The molecule has 0 aliphatic carbocycles. The highest BCUT2D eigenvalue weighted by atomic mass is 32.1. The van der Waals surface area contributed by atoms with E-state index >= 15 is 0 Å². The third-order valence-corrected chi connectivity index (χ3v) is 6.90. The molecule has 0 fully saturated rings. The molecule has 0 saturated heterocycles. The summed E-state index contributed by atoms with van der Waals surface area (Å²) in [4.78, 5) is 8.52. The van der Waals surface area contributed by atoms with Gasteiger partial charge in [-0.05, 0) is 35.2 Å². The van der Waals surface area contributed by atoms with Crippen molar-refractivity contribution in [2.75, 3.05) is 6.54 Å². The lowest BCUT2D eigenvalue weighted by Gasteiger charge is -2.35. The number of furan rings is 1. The number of nitrogens with zero attached hydrogens (tertiary/aromatic N) is 4. The van der Waals surface area contributed by atoms with Gasteiger partial charge in [0.2, 0.25) is 16.7 Å². The van der Waals surface area contributed by atoms with Crippen LogP contribution in [0.3, 0.4) is 0 Å². The Morgan fingerprint density at radius 3 is 2.55 bits per heavy atom. The predicted octanol–water partition coefficient (Wildman–Crippen LogP) is 4.90. The Labute approximate surface area is 183 Å². The molecular weight excluding hydrogens is 408 g/mol. The number of benzene rings is 2. The monoisotopic (exact) mass is 428 g/mol. The molecule has 1 aliphatic heterocycles. The van der Waals surface area contributed by atoms with E-state index in [0.717, 1.165) is 30.0 Å². The second-order valence-electron chi connectivity index (χ2n) is 7.70. The Kier molecular flexibility index (Phi) is 4.36. The van der Waals surface area contributed by atoms with Gasteiger partial charge in [0, 0.05) is 13.1 Å². The molecule has 0 bridgehead atoms. The van der Waals surface area contributed by atoms with Gasteiger partial charge in [-0.15, -0.1) is 5.10 Å². The molecule has 2 aromatic carbocycles. The molecule has 1 atom stereocenters. The minimum absolute atomic E-state index is 0.0740. The number of fused-ring (bicyclic) bond motifs is 2. The molecule has 3 aromatic heterocycles. The van der Waals surface area contributed by atoms with E-state index in [2.05, 4.69) is 51.4 Å². The van der Waals surface area contributed by atoms with Crippen LogP contribution in [-0.2, 0) is 13.0 Å². The minimum atomic E-state index is -0.0740. The number of rotatable bonds is 4. The van der Waals surface area contributed by atoms with E-state index in [-0.39, 0.29) is 11.9 Å². The highest BCUT2D eigenvalue weighted by molar-refractivity contribution is 7.17. The first-order chi connectivity index (χ1) is 15.3. The molecule has 7 heteroatoms. The maximum atomic E-state index is 11.2. The minimum Gasteiger partial charge on any atom is -0.492 e. The number of hydrogen-bond donors (Lipinski definition) is 1. The second kappa shape index (κ2) is 7.37. The fourth-order valence-corrected chi connectivity index (χ4v) is 5.46. The third-order valence-electron chi connectivity index (χ3n) is 5.83. The summed E-state index contributed by atoms with van der Waals surface area (Å²) in [5, 5.41) is 15.7. The zero-order valence-electron chi connectivity index (χ0n) is 16.7. The Morgan fingerprint density at radius 2 is 1.77 bits per heavy atom. The van der Waals surface area contributed by atoms with Gasteiger partial charge in [0.05, 0.1) is 17.2 Å². The Balaban J connectivity index is 1.44. The normalized spacial score (nSPS) is 15.2. The van der Waals surface area contributed by atoms with Crippen molar-refractivity contribution >= 4 is 16.3 Å². The van der Waals surface area contributed by atoms with Crippen LogP contribution in [0.2, 0.25) is 0 Å². The number of hydrogen-bond acceptors (Lipinski definition) is 6. The van der Waals surface area contributed by atoms with E-state index < -0.39 is 0 Å². The summed E-state index contributed by atoms with van der Waals surface area (Å²) in [5.74, 6) is 1.20. The molecule has 4 heterocycles.